The van der Waals surface area contributed by atoms with E-state index < -0.39 is 0 Å². The van der Waals surface area contributed by atoms with E-state index in [1.54, 1.807) is 24.3 Å². The van der Waals surface area contributed by atoms with Crippen LogP contribution in [0, 0.1) is 6.92 Å². The molecule has 8 nitrogen and oxygen atoms in total. The summed E-state index contributed by atoms with van der Waals surface area (Å²) in [6, 6.07) is 14.6. The molecule has 0 fully saturated rings. The summed E-state index contributed by atoms with van der Waals surface area (Å²) < 4.78 is 0. The van der Waals surface area contributed by atoms with E-state index in [0.717, 1.165) is 51.8 Å². The van der Waals surface area contributed by atoms with Crippen LogP contribution in [-0.4, -0.2) is 37.2 Å². The van der Waals surface area contributed by atoms with Crippen molar-refractivity contribution >= 4 is 39.5 Å². The number of aromatic hydroxyl groups is 1. The van der Waals surface area contributed by atoms with Gasteiger partial charge in [0, 0.05) is 19.3 Å². The van der Waals surface area contributed by atoms with Crippen LogP contribution in [0.5, 0.6) is 5.75 Å². The van der Waals surface area contributed by atoms with Crippen molar-refractivity contribution in [3.05, 3.63) is 80.2 Å². The number of phenolic OH excluding ortho intramolecular Hbond substituents is 1. The molecule has 0 atom stereocenters. The molecule has 4 aromatic rings. The van der Waals surface area contributed by atoms with E-state index in [0.29, 0.717) is 18.0 Å². The average molecular weight is 522 g/mol. The van der Waals surface area contributed by atoms with Gasteiger partial charge in [0.2, 0.25) is 11.0 Å². The van der Waals surface area contributed by atoms with Crippen molar-refractivity contribution in [3.63, 3.8) is 0 Å². The van der Waals surface area contributed by atoms with Crippen molar-refractivity contribution in [3.8, 4) is 5.75 Å². The topological polar surface area (TPSA) is 118 Å². The van der Waals surface area contributed by atoms with Crippen LogP contribution in [0.3, 0.4) is 0 Å². The summed E-state index contributed by atoms with van der Waals surface area (Å²) >= 11 is 2.88. The number of aryl methyl sites for hydroxylation is 3. The summed E-state index contributed by atoms with van der Waals surface area (Å²) in [5.41, 5.74) is 3.01. The van der Waals surface area contributed by atoms with Crippen LogP contribution >= 0.6 is 22.7 Å². The van der Waals surface area contributed by atoms with E-state index in [2.05, 4.69) is 25.7 Å². The fourth-order valence-electron chi connectivity index (χ4n) is 3.55. The molecule has 0 saturated carbocycles. The van der Waals surface area contributed by atoms with E-state index in [1.165, 1.54) is 28.2 Å². The molecule has 0 unspecified atom stereocenters. The number of unbranched alkanes of at least 4 members (excludes halogenated alkanes) is 1. The van der Waals surface area contributed by atoms with Gasteiger partial charge in [0.15, 0.2) is 0 Å². The molecule has 0 aliphatic rings. The number of ketones is 1. The second-order valence-corrected chi connectivity index (χ2v) is 10.8. The highest BCUT2D eigenvalue weighted by atomic mass is 32.1. The smallest absolute Gasteiger partial charge is 0.230 e. The zero-order chi connectivity index (χ0) is 25.3. The number of Topliss-reactive ketones (excluding diaryl/α,β-unsaturated/α-hetero) is 1. The van der Waals surface area contributed by atoms with Crippen LogP contribution in [0.15, 0.2) is 48.5 Å². The fourth-order valence-corrected chi connectivity index (χ4v) is 5.26. The average Bonchev–Trinajstić information content (AvgIpc) is 3.49. The van der Waals surface area contributed by atoms with Crippen molar-refractivity contribution in [1.29, 1.82) is 0 Å². The minimum absolute atomic E-state index is 0.142. The second kappa shape index (κ2) is 12.5. The maximum absolute atomic E-state index is 12.4. The molecule has 10 heteroatoms. The maximum atomic E-state index is 12.4. The molecule has 186 valence electrons. The lowest BCUT2D eigenvalue weighted by Gasteiger charge is -2.01. The van der Waals surface area contributed by atoms with Crippen molar-refractivity contribution < 1.29 is 14.7 Å². The van der Waals surface area contributed by atoms with Gasteiger partial charge >= 0.3 is 0 Å². The normalized spacial score (nSPS) is 10.9. The predicted molar refractivity (Wildman–Crippen MR) is 140 cm³/mol. The van der Waals surface area contributed by atoms with Crippen molar-refractivity contribution in [2.75, 3.05) is 5.32 Å². The van der Waals surface area contributed by atoms with E-state index in [-0.39, 0.29) is 23.9 Å². The number of hydrogen-bond donors (Lipinski definition) is 2. The standard InChI is InChI=1S/C26H27N5O3S2/c1-17-6-8-18(9-7-17)14-21(33)16-25-30-28-23(35-25)4-2-3-5-24-29-31-26(36-24)27-22(34)15-19-10-12-20(32)13-11-19/h6-13,32H,2-5,14-16H2,1H3,(H,27,31,34). The minimum Gasteiger partial charge on any atom is -0.508 e. The molecule has 0 spiro atoms. The lowest BCUT2D eigenvalue weighted by molar-refractivity contribution is -0.118. The van der Waals surface area contributed by atoms with Gasteiger partial charge in [-0.1, -0.05) is 53.3 Å². The highest BCUT2D eigenvalue weighted by Crippen LogP contribution is 2.20. The third-order valence-corrected chi connectivity index (χ3v) is 7.31. The van der Waals surface area contributed by atoms with Crippen LogP contribution < -0.4 is 5.32 Å². The minimum atomic E-state index is -0.173. The molecule has 2 aromatic carbocycles. The number of nitrogens with one attached hydrogen (secondary N) is 1. The van der Waals surface area contributed by atoms with Crippen molar-refractivity contribution in [2.45, 2.75) is 51.9 Å². The zero-order valence-electron chi connectivity index (χ0n) is 19.9. The first-order valence-electron chi connectivity index (χ1n) is 11.7. The lowest BCUT2D eigenvalue weighted by atomic mass is 10.1. The van der Waals surface area contributed by atoms with E-state index in [9.17, 15) is 14.7 Å². The lowest BCUT2D eigenvalue weighted by Crippen LogP contribution is -2.14. The SMILES string of the molecule is Cc1ccc(CC(=O)Cc2nnc(CCCCc3nnc(NC(=O)Cc4ccc(O)cc4)s3)s2)cc1. The van der Waals surface area contributed by atoms with Crippen LogP contribution in [0.25, 0.3) is 0 Å². The molecule has 0 radical (unpaired) electrons. The number of anilines is 1. The summed E-state index contributed by atoms with van der Waals surface area (Å²) in [7, 11) is 0. The number of amides is 1. The van der Waals surface area contributed by atoms with Crippen molar-refractivity contribution in [1.82, 2.24) is 20.4 Å². The zero-order valence-corrected chi connectivity index (χ0v) is 21.6. The number of carbonyl (C=O) groups excluding carboxylic acids is 2. The van der Waals surface area contributed by atoms with Crippen LogP contribution in [0.2, 0.25) is 0 Å². The Bertz CT molecular complexity index is 1200. The third-order valence-electron chi connectivity index (χ3n) is 5.42. The molecular formula is C26H27N5O3S2. The fraction of sp³-hybridized carbons (Fsp3) is 0.308. The van der Waals surface area contributed by atoms with Gasteiger partial charge in [-0.15, -0.1) is 31.7 Å². The first kappa shape index (κ1) is 25.6. The first-order chi connectivity index (χ1) is 17.4. The van der Waals surface area contributed by atoms with Gasteiger partial charge in [0.05, 0.1) is 12.8 Å². The highest BCUT2D eigenvalue weighted by molar-refractivity contribution is 7.15. The molecule has 2 heterocycles. The van der Waals surface area contributed by atoms with E-state index >= 15 is 0 Å². The summed E-state index contributed by atoms with van der Waals surface area (Å²) in [6.07, 6.45) is 4.35. The summed E-state index contributed by atoms with van der Waals surface area (Å²) in [5.74, 6) is 0.139. The molecule has 36 heavy (non-hydrogen) atoms. The van der Waals surface area contributed by atoms with Gasteiger partial charge in [0.25, 0.3) is 0 Å². The Morgan fingerprint density at radius 2 is 1.33 bits per heavy atom. The highest BCUT2D eigenvalue weighted by Gasteiger charge is 2.12. The van der Waals surface area contributed by atoms with Crippen molar-refractivity contribution in [2.24, 2.45) is 0 Å². The molecular weight excluding hydrogens is 494 g/mol. The van der Waals surface area contributed by atoms with Crippen LogP contribution in [0.1, 0.15) is 44.6 Å². The number of benzene rings is 2. The van der Waals surface area contributed by atoms with Gasteiger partial charge < -0.3 is 10.4 Å². The summed E-state index contributed by atoms with van der Waals surface area (Å²) in [4.78, 5) is 24.6. The molecule has 0 aliphatic carbocycles. The molecule has 0 aliphatic heterocycles. The third kappa shape index (κ3) is 8.03. The van der Waals surface area contributed by atoms with E-state index in [4.69, 9.17) is 0 Å². The quantitative estimate of drug-likeness (QED) is 0.264. The largest absolute Gasteiger partial charge is 0.508 e. The maximum Gasteiger partial charge on any atom is 0.230 e. The predicted octanol–water partition coefficient (Wildman–Crippen LogP) is 4.50. The Balaban J connectivity index is 1.15. The number of nitrogens with zero attached hydrogens (tertiary/aromatic N) is 4. The Hall–Kier alpha value is -3.50. The van der Waals surface area contributed by atoms with Gasteiger partial charge in [0.1, 0.15) is 26.6 Å². The van der Waals surface area contributed by atoms with Gasteiger partial charge in [-0.05, 0) is 43.0 Å². The van der Waals surface area contributed by atoms with E-state index in [1.807, 2.05) is 31.2 Å². The molecule has 2 N–H and O–H groups in total. The Morgan fingerprint density at radius 1 is 0.750 bits per heavy atom. The monoisotopic (exact) mass is 521 g/mol. The molecule has 4 rings (SSSR count). The Morgan fingerprint density at radius 3 is 2.06 bits per heavy atom. The van der Waals surface area contributed by atoms with Crippen LogP contribution in [0.4, 0.5) is 5.13 Å². The van der Waals surface area contributed by atoms with Gasteiger partial charge in [-0.3, -0.25) is 9.59 Å². The van der Waals surface area contributed by atoms with Gasteiger partial charge in [-0.2, -0.15) is 0 Å². The summed E-state index contributed by atoms with van der Waals surface area (Å²) in [6.45, 7) is 2.03. The molecule has 1 amide bonds. The Labute approximate surface area is 217 Å². The number of phenols is 1. The first-order valence-corrected chi connectivity index (χ1v) is 13.3. The number of carbonyl (C=O) groups is 2. The Kier molecular flexibility index (Phi) is 8.85. The molecule has 2 aromatic heterocycles. The second-order valence-electron chi connectivity index (χ2n) is 8.57. The number of aromatic nitrogens is 4. The summed E-state index contributed by atoms with van der Waals surface area (Å²) in [5, 5.41) is 31.8. The number of rotatable bonds is 12. The molecule has 0 saturated heterocycles. The van der Waals surface area contributed by atoms with Gasteiger partial charge in [-0.25, -0.2) is 0 Å². The number of hydrogen-bond acceptors (Lipinski definition) is 9. The molecule has 0 bridgehead atoms. The van der Waals surface area contributed by atoms with Crippen LogP contribution in [-0.2, 0) is 41.7 Å².